The average molecular weight is 368 g/mol. The fourth-order valence-corrected chi connectivity index (χ4v) is 4.46. The molecule has 0 saturated carbocycles. The van der Waals surface area contributed by atoms with Gasteiger partial charge in [-0.15, -0.1) is 11.8 Å². The Balaban J connectivity index is 1.64. The number of carbonyl (C=O) groups excluding carboxylic acids is 2. The summed E-state index contributed by atoms with van der Waals surface area (Å²) in [5, 5.41) is 3.03. The van der Waals surface area contributed by atoms with Gasteiger partial charge < -0.3 is 16.0 Å². The Morgan fingerprint density at radius 3 is 3.08 bits per heavy atom. The van der Waals surface area contributed by atoms with E-state index in [1.165, 1.54) is 11.8 Å². The Kier molecular flexibility index (Phi) is 5.37. The molecule has 3 N–H and O–H groups in total. The lowest BCUT2D eigenvalue weighted by atomic mass is 9.92. The number of piperidine rings is 1. The van der Waals surface area contributed by atoms with Crippen LogP contribution in [0, 0.1) is 5.92 Å². The molecule has 130 valence electrons. The van der Waals surface area contributed by atoms with E-state index in [1.807, 2.05) is 17.9 Å². The fourth-order valence-electron chi connectivity index (χ4n) is 3.21. The number of nitrogens with one attached hydrogen (secondary N) is 1. The molecule has 0 aromatic heterocycles. The predicted octanol–water partition coefficient (Wildman–Crippen LogP) is 2.73. The van der Waals surface area contributed by atoms with Crippen LogP contribution in [0.1, 0.15) is 26.2 Å². The van der Waals surface area contributed by atoms with Gasteiger partial charge in [-0.25, -0.2) is 0 Å². The van der Waals surface area contributed by atoms with Crippen molar-refractivity contribution in [1.82, 2.24) is 4.90 Å². The van der Waals surface area contributed by atoms with Crippen molar-refractivity contribution in [2.24, 2.45) is 11.7 Å². The molecule has 1 aromatic carbocycles. The summed E-state index contributed by atoms with van der Waals surface area (Å²) < 4.78 is 0. The molecule has 7 heteroatoms. The number of nitrogens with two attached hydrogens (primary N) is 1. The van der Waals surface area contributed by atoms with Crippen LogP contribution in [0.2, 0.25) is 5.02 Å². The van der Waals surface area contributed by atoms with Crippen molar-refractivity contribution in [2.75, 3.05) is 18.4 Å². The van der Waals surface area contributed by atoms with Gasteiger partial charge in [0.05, 0.1) is 10.9 Å². The van der Waals surface area contributed by atoms with E-state index >= 15 is 0 Å². The molecule has 0 aliphatic carbocycles. The standard InChI is InChI=1S/C17H22ClN3O2S/c1-10(19)11-3-2-6-21(9-11)16(22)8-15-17(23)20-13-7-12(18)4-5-14(13)24-15/h4-5,7,10-11,15H,2-3,6,8-9,19H2,1H3,(H,20,23). The average Bonchev–Trinajstić information content (AvgIpc) is 2.55. The van der Waals surface area contributed by atoms with E-state index in [4.69, 9.17) is 17.3 Å². The number of likely N-dealkylation sites (tertiary alicyclic amines) is 1. The quantitative estimate of drug-likeness (QED) is 0.861. The maximum absolute atomic E-state index is 12.6. The highest BCUT2D eigenvalue weighted by atomic mass is 35.5. The number of halogens is 1. The summed E-state index contributed by atoms with van der Waals surface area (Å²) in [6.45, 7) is 3.44. The number of thioether (sulfide) groups is 1. The second kappa shape index (κ2) is 7.33. The van der Waals surface area contributed by atoms with E-state index in [-0.39, 0.29) is 24.3 Å². The van der Waals surface area contributed by atoms with Crippen molar-refractivity contribution in [3.8, 4) is 0 Å². The lowest BCUT2D eigenvalue weighted by Crippen LogP contribution is -2.46. The number of hydrogen-bond acceptors (Lipinski definition) is 4. The topological polar surface area (TPSA) is 75.4 Å². The molecule has 1 fully saturated rings. The van der Waals surface area contributed by atoms with Gasteiger partial charge in [0.25, 0.3) is 0 Å². The Morgan fingerprint density at radius 2 is 2.33 bits per heavy atom. The monoisotopic (exact) mass is 367 g/mol. The largest absolute Gasteiger partial charge is 0.342 e. The first-order valence-corrected chi connectivity index (χ1v) is 9.50. The number of nitrogens with zero attached hydrogens (tertiary/aromatic N) is 1. The zero-order chi connectivity index (χ0) is 17.3. The van der Waals surface area contributed by atoms with Crippen molar-refractivity contribution in [2.45, 2.75) is 42.4 Å². The molecule has 0 bridgehead atoms. The molecule has 3 rings (SSSR count). The minimum absolute atomic E-state index is 0.0328. The molecular formula is C17H22ClN3O2S. The lowest BCUT2D eigenvalue weighted by Gasteiger charge is -2.35. The van der Waals surface area contributed by atoms with Gasteiger partial charge in [-0.1, -0.05) is 11.6 Å². The molecular weight excluding hydrogens is 346 g/mol. The zero-order valence-electron chi connectivity index (χ0n) is 13.6. The highest BCUT2D eigenvalue weighted by Crippen LogP contribution is 2.38. The third-order valence-corrected chi connectivity index (χ3v) is 6.19. The fraction of sp³-hybridized carbons (Fsp3) is 0.529. The SMILES string of the molecule is CC(N)C1CCCN(C(=O)CC2Sc3ccc(Cl)cc3NC2=O)C1. The number of amides is 2. The minimum atomic E-state index is -0.401. The Hall–Kier alpha value is -1.24. The van der Waals surface area contributed by atoms with Crippen LogP contribution in [0.25, 0.3) is 0 Å². The highest BCUT2D eigenvalue weighted by molar-refractivity contribution is 8.01. The van der Waals surface area contributed by atoms with Crippen molar-refractivity contribution in [3.05, 3.63) is 23.2 Å². The highest BCUT2D eigenvalue weighted by Gasteiger charge is 2.32. The molecule has 0 radical (unpaired) electrons. The molecule has 2 amide bonds. The predicted molar refractivity (Wildman–Crippen MR) is 97.3 cm³/mol. The Bertz CT molecular complexity index is 653. The van der Waals surface area contributed by atoms with Crippen molar-refractivity contribution in [3.63, 3.8) is 0 Å². The van der Waals surface area contributed by atoms with Gasteiger partial charge >= 0.3 is 0 Å². The number of benzene rings is 1. The van der Waals surface area contributed by atoms with Gasteiger partial charge in [-0.05, 0) is 43.9 Å². The van der Waals surface area contributed by atoms with Crippen molar-refractivity contribution >= 4 is 40.9 Å². The first kappa shape index (κ1) is 17.6. The normalized spacial score (nSPS) is 25.0. The molecule has 3 atom stereocenters. The third-order valence-electron chi connectivity index (χ3n) is 4.68. The number of anilines is 1. The van der Waals surface area contributed by atoms with Gasteiger partial charge in [-0.2, -0.15) is 0 Å². The number of fused-ring (bicyclic) bond motifs is 1. The first-order valence-electron chi connectivity index (χ1n) is 8.24. The number of rotatable bonds is 3. The molecule has 5 nitrogen and oxygen atoms in total. The Labute approximate surface area is 151 Å². The van der Waals surface area contributed by atoms with Crippen molar-refractivity contribution in [1.29, 1.82) is 0 Å². The first-order chi connectivity index (χ1) is 11.4. The van der Waals surface area contributed by atoms with Crippen LogP contribution in [-0.4, -0.2) is 41.1 Å². The molecule has 24 heavy (non-hydrogen) atoms. The number of hydrogen-bond donors (Lipinski definition) is 2. The lowest BCUT2D eigenvalue weighted by molar-refractivity contribution is -0.134. The summed E-state index contributed by atoms with van der Waals surface area (Å²) >= 11 is 7.38. The second-order valence-electron chi connectivity index (χ2n) is 6.54. The van der Waals surface area contributed by atoms with Crippen LogP contribution in [0.4, 0.5) is 5.69 Å². The number of carbonyl (C=O) groups is 2. The smallest absolute Gasteiger partial charge is 0.238 e. The summed E-state index contributed by atoms with van der Waals surface area (Å²) in [5.74, 6) is 0.243. The van der Waals surface area contributed by atoms with Crippen LogP contribution in [0.5, 0.6) is 0 Å². The van der Waals surface area contributed by atoms with Gasteiger partial charge in [0.1, 0.15) is 0 Å². The molecule has 3 unspecified atom stereocenters. The van der Waals surface area contributed by atoms with Crippen LogP contribution < -0.4 is 11.1 Å². The van der Waals surface area contributed by atoms with E-state index in [9.17, 15) is 9.59 Å². The molecule has 1 aromatic rings. The zero-order valence-corrected chi connectivity index (χ0v) is 15.2. The van der Waals surface area contributed by atoms with Crippen molar-refractivity contribution < 1.29 is 9.59 Å². The summed E-state index contributed by atoms with van der Waals surface area (Å²) in [7, 11) is 0. The van der Waals surface area contributed by atoms with E-state index in [2.05, 4.69) is 5.32 Å². The summed E-state index contributed by atoms with van der Waals surface area (Å²) in [4.78, 5) is 27.7. The minimum Gasteiger partial charge on any atom is -0.342 e. The van der Waals surface area contributed by atoms with Crippen LogP contribution >= 0.6 is 23.4 Å². The third kappa shape index (κ3) is 3.87. The van der Waals surface area contributed by atoms with Gasteiger partial charge in [0.15, 0.2) is 0 Å². The van der Waals surface area contributed by atoms with Crippen LogP contribution in [0.3, 0.4) is 0 Å². The molecule has 1 saturated heterocycles. The maximum Gasteiger partial charge on any atom is 0.238 e. The van der Waals surface area contributed by atoms with E-state index in [1.54, 1.807) is 12.1 Å². The van der Waals surface area contributed by atoms with Crippen LogP contribution in [-0.2, 0) is 9.59 Å². The maximum atomic E-state index is 12.6. The van der Waals surface area contributed by atoms with Gasteiger partial charge in [0, 0.05) is 35.5 Å². The molecule has 2 aliphatic heterocycles. The van der Waals surface area contributed by atoms with Crippen LogP contribution in [0.15, 0.2) is 23.1 Å². The molecule has 2 aliphatic rings. The Morgan fingerprint density at radius 1 is 1.54 bits per heavy atom. The van der Waals surface area contributed by atoms with E-state index in [0.29, 0.717) is 17.5 Å². The summed E-state index contributed by atoms with van der Waals surface area (Å²) in [6.07, 6.45) is 2.25. The summed E-state index contributed by atoms with van der Waals surface area (Å²) in [5.41, 5.74) is 6.70. The van der Waals surface area contributed by atoms with E-state index < -0.39 is 5.25 Å². The molecule has 0 spiro atoms. The molecule has 2 heterocycles. The van der Waals surface area contributed by atoms with Gasteiger partial charge in [-0.3, -0.25) is 9.59 Å². The second-order valence-corrected chi connectivity index (χ2v) is 8.22. The van der Waals surface area contributed by atoms with E-state index in [0.717, 1.165) is 30.0 Å². The van der Waals surface area contributed by atoms with Gasteiger partial charge in [0.2, 0.25) is 11.8 Å². The summed E-state index contributed by atoms with van der Waals surface area (Å²) in [6, 6.07) is 5.50.